The standard InChI is InChI=1S/C23H26N4O5S/c1-26-15-19(18-6-2-3-7-20(18)26)21(28)14-24-22(29)23(30)25-16-8-10-17(11-9-16)27-12-4-5-13-33(27,31)32/h2-3,6-11,15,21,28H,4-5,12-14H2,1H3,(H,24,29)(H,25,30). The molecule has 1 fully saturated rings. The molecule has 0 saturated carbocycles. The molecule has 1 saturated heterocycles. The summed E-state index contributed by atoms with van der Waals surface area (Å²) in [5.41, 5.74) is 2.51. The number of hydrogen-bond donors (Lipinski definition) is 3. The van der Waals surface area contributed by atoms with Gasteiger partial charge in [-0.3, -0.25) is 13.9 Å². The molecule has 2 aromatic carbocycles. The Labute approximate surface area is 192 Å². The van der Waals surface area contributed by atoms with Crippen molar-refractivity contribution in [3.05, 3.63) is 60.3 Å². The number of para-hydroxylation sites is 1. The molecule has 2 heterocycles. The van der Waals surface area contributed by atoms with E-state index in [1.807, 2.05) is 35.9 Å². The highest BCUT2D eigenvalue weighted by Gasteiger charge is 2.26. The third kappa shape index (κ3) is 4.86. The number of aryl methyl sites for hydroxylation is 1. The summed E-state index contributed by atoms with van der Waals surface area (Å²) >= 11 is 0. The zero-order valence-corrected chi connectivity index (χ0v) is 19.0. The topological polar surface area (TPSA) is 121 Å². The molecule has 10 heteroatoms. The minimum atomic E-state index is -3.32. The summed E-state index contributed by atoms with van der Waals surface area (Å²) in [7, 11) is -1.45. The summed E-state index contributed by atoms with van der Waals surface area (Å²) in [5, 5.41) is 16.3. The van der Waals surface area contributed by atoms with Crippen molar-refractivity contribution in [2.24, 2.45) is 7.05 Å². The number of hydrogen-bond acceptors (Lipinski definition) is 5. The highest BCUT2D eigenvalue weighted by molar-refractivity contribution is 7.92. The Morgan fingerprint density at radius 1 is 1.06 bits per heavy atom. The van der Waals surface area contributed by atoms with Gasteiger partial charge in [0.2, 0.25) is 10.0 Å². The van der Waals surface area contributed by atoms with Gasteiger partial charge < -0.3 is 20.3 Å². The minimum Gasteiger partial charge on any atom is -0.386 e. The largest absolute Gasteiger partial charge is 0.386 e. The second-order valence-corrected chi connectivity index (χ2v) is 10.0. The molecule has 0 bridgehead atoms. The monoisotopic (exact) mass is 470 g/mol. The van der Waals surface area contributed by atoms with E-state index in [1.54, 1.807) is 30.5 Å². The molecule has 1 aromatic heterocycles. The summed E-state index contributed by atoms with van der Waals surface area (Å²) in [4.78, 5) is 24.5. The average molecular weight is 471 g/mol. The third-order valence-corrected chi connectivity index (χ3v) is 7.58. The van der Waals surface area contributed by atoms with Crippen molar-refractivity contribution in [1.82, 2.24) is 9.88 Å². The van der Waals surface area contributed by atoms with Gasteiger partial charge in [-0.25, -0.2) is 8.42 Å². The van der Waals surface area contributed by atoms with Gasteiger partial charge in [0.05, 0.1) is 17.5 Å². The fraction of sp³-hybridized carbons (Fsp3) is 0.304. The average Bonchev–Trinajstić information content (AvgIpc) is 3.14. The maximum atomic E-state index is 12.3. The van der Waals surface area contributed by atoms with Crippen LogP contribution in [-0.4, -0.2) is 48.7 Å². The number of nitrogens with one attached hydrogen (secondary N) is 2. The fourth-order valence-electron chi connectivity index (χ4n) is 4.00. The molecular weight excluding hydrogens is 444 g/mol. The molecule has 1 unspecified atom stereocenters. The van der Waals surface area contributed by atoms with Crippen molar-refractivity contribution in [3.63, 3.8) is 0 Å². The number of amides is 2. The summed E-state index contributed by atoms with van der Waals surface area (Å²) in [6, 6.07) is 13.9. The first kappa shape index (κ1) is 22.8. The van der Waals surface area contributed by atoms with Crippen LogP contribution in [-0.2, 0) is 26.7 Å². The molecule has 0 radical (unpaired) electrons. The number of aromatic nitrogens is 1. The van der Waals surface area contributed by atoms with Crippen LogP contribution in [0.2, 0.25) is 0 Å². The van der Waals surface area contributed by atoms with E-state index in [2.05, 4.69) is 10.6 Å². The van der Waals surface area contributed by atoms with Crippen LogP contribution in [0.25, 0.3) is 10.9 Å². The van der Waals surface area contributed by atoms with Crippen molar-refractivity contribution >= 4 is 44.1 Å². The molecule has 0 spiro atoms. The number of aliphatic hydroxyl groups excluding tert-OH is 1. The predicted octanol–water partition coefficient (Wildman–Crippen LogP) is 1.90. The number of sulfonamides is 1. The third-order valence-electron chi connectivity index (χ3n) is 5.71. The van der Waals surface area contributed by atoms with Crippen LogP contribution in [0.4, 0.5) is 11.4 Å². The molecule has 1 aliphatic heterocycles. The Kier molecular flexibility index (Phi) is 6.39. The molecule has 33 heavy (non-hydrogen) atoms. The van der Waals surface area contributed by atoms with Crippen LogP contribution in [0, 0.1) is 0 Å². The molecular formula is C23H26N4O5S. The number of aliphatic hydroxyl groups is 1. The molecule has 3 aromatic rings. The lowest BCUT2D eigenvalue weighted by Crippen LogP contribution is -2.38. The van der Waals surface area contributed by atoms with Crippen molar-refractivity contribution in [2.75, 3.05) is 28.5 Å². The Balaban J connectivity index is 1.34. The van der Waals surface area contributed by atoms with Gasteiger partial charge in [0.15, 0.2) is 0 Å². The van der Waals surface area contributed by atoms with Crippen molar-refractivity contribution in [3.8, 4) is 0 Å². The van der Waals surface area contributed by atoms with Gasteiger partial charge in [-0.1, -0.05) is 18.2 Å². The number of fused-ring (bicyclic) bond motifs is 1. The van der Waals surface area contributed by atoms with E-state index in [0.717, 1.165) is 17.3 Å². The summed E-state index contributed by atoms with van der Waals surface area (Å²) in [5.74, 6) is -1.63. The second kappa shape index (κ2) is 9.24. The number of anilines is 2. The molecule has 2 amide bonds. The second-order valence-electron chi connectivity index (χ2n) is 8.03. The quantitative estimate of drug-likeness (QED) is 0.492. The molecule has 3 N–H and O–H groups in total. The van der Waals surface area contributed by atoms with E-state index in [0.29, 0.717) is 29.9 Å². The summed E-state index contributed by atoms with van der Waals surface area (Å²) in [6.07, 6.45) is 2.27. The van der Waals surface area contributed by atoms with Crippen molar-refractivity contribution in [1.29, 1.82) is 0 Å². The van der Waals surface area contributed by atoms with Crippen LogP contribution < -0.4 is 14.9 Å². The Hall–Kier alpha value is -3.37. The Morgan fingerprint density at radius 2 is 1.79 bits per heavy atom. The van der Waals surface area contributed by atoms with E-state index in [4.69, 9.17) is 0 Å². The SMILES string of the molecule is Cn1cc(C(O)CNC(=O)C(=O)Nc2ccc(N3CCCCS3(=O)=O)cc2)c2ccccc21. The van der Waals surface area contributed by atoms with E-state index in [1.165, 1.54) is 4.31 Å². The van der Waals surface area contributed by atoms with Crippen molar-refractivity contribution < 1.29 is 23.1 Å². The molecule has 1 aliphatic rings. The van der Waals surface area contributed by atoms with Gasteiger partial charge in [0.1, 0.15) is 0 Å². The first-order valence-electron chi connectivity index (χ1n) is 10.7. The lowest BCUT2D eigenvalue weighted by atomic mass is 10.1. The lowest BCUT2D eigenvalue weighted by molar-refractivity contribution is -0.136. The first-order valence-corrected chi connectivity index (χ1v) is 12.3. The van der Waals surface area contributed by atoms with E-state index < -0.39 is 27.9 Å². The van der Waals surface area contributed by atoms with Gasteiger partial charge in [0.25, 0.3) is 0 Å². The molecule has 9 nitrogen and oxygen atoms in total. The van der Waals surface area contributed by atoms with E-state index in [-0.39, 0.29) is 12.3 Å². The van der Waals surface area contributed by atoms with Gasteiger partial charge in [-0.2, -0.15) is 0 Å². The van der Waals surface area contributed by atoms with Crippen LogP contribution in [0.3, 0.4) is 0 Å². The summed E-state index contributed by atoms with van der Waals surface area (Å²) in [6.45, 7) is 0.307. The van der Waals surface area contributed by atoms with Crippen LogP contribution in [0.15, 0.2) is 54.7 Å². The van der Waals surface area contributed by atoms with E-state index >= 15 is 0 Å². The van der Waals surface area contributed by atoms with Gasteiger partial charge in [-0.05, 0) is 43.2 Å². The Bertz CT molecular complexity index is 1280. The number of carbonyl (C=O) groups excluding carboxylic acids is 2. The zero-order valence-electron chi connectivity index (χ0n) is 18.2. The smallest absolute Gasteiger partial charge is 0.313 e. The number of benzene rings is 2. The fourth-order valence-corrected chi connectivity index (χ4v) is 5.64. The lowest BCUT2D eigenvalue weighted by Gasteiger charge is -2.28. The predicted molar refractivity (Wildman–Crippen MR) is 126 cm³/mol. The van der Waals surface area contributed by atoms with Gasteiger partial charge in [-0.15, -0.1) is 0 Å². The number of carbonyl (C=O) groups is 2. The molecule has 0 aliphatic carbocycles. The highest BCUT2D eigenvalue weighted by atomic mass is 32.2. The van der Waals surface area contributed by atoms with Crippen LogP contribution in [0.1, 0.15) is 24.5 Å². The molecule has 4 rings (SSSR count). The minimum absolute atomic E-state index is 0.119. The Morgan fingerprint density at radius 3 is 2.52 bits per heavy atom. The van der Waals surface area contributed by atoms with E-state index in [9.17, 15) is 23.1 Å². The maximum Gasteiger partial charge on any atom is 0.313 e. The molecule has 1 atom stereocenters. The maximum absolute atomic E-state index is 12.3. The van der Waals surface area contributed by atoms with Crippen LogP contribution >= 0.6 is 0 Å². The number of nitrogens with zero attached hydrogens (tertiary/aromatic N) is 2. The first-order chi connectivity index (χ1) is 15.8. The number of rotatable bonds is 5. The normalized spacial score (nSPS) is 16.4. The van der Waals surface area contributed by atoms with Gasteiger partial charge in [0, 0.05) is 48.5 Å². The zero-order chi connectivity index (χ0) is 23.6. The van der Waals surface area contributed by atoms with Gasteiger partial charge >= 0.3 is 11.8 Å². The molecule has 174 valence electrons. The van der Waals surface area contributed by atoms with Crippen LogP contribution in [0.5, 0.6) is 0 Å². The highest BCUT2D eigenvalue weighted by Crippen LogP contribution is 2.26. The van der Waals surface area contributed by atoms with Crippen molar-refractivity contribution in [2.45, 2.75) is 18.9 Å². The summed E-state index contributed by atoms with van der Waals surface area (Å²) < 4.78 is 27.7.